The standard InChI is InChI=1S/C23H38O9/c1-6-8-9-10-11-12-14-28-23-22(31-18(5)26)21(27-13-7-2)20(30-17(4)25)19(32-23)15-29-16(3)24/h7,19-23H,2,6,8-15H2,1,3-5H3/t19-,20-,21+,22+,23-/m1/s1. The van der Waals surface area contributed by atoms with E-state index in [9.17, 15) is 14.4 Å². The third-order valence-corrected chi connectivity index (χ3v) is 4.83. The van der Waals surface area contributed by atoms with Crippen LogP contribution < -0.4 is 0 Å². The Labute approximate surface area is 190 Å². The molecule has 184 valence electrons. The Kier molecular flexibility index (Phi) is 13.8. The molecule has 0 N–H and O–H groups in total. The molecule has 1 fully saturated rings. The summed E-state index contributed by atoms with van der Waals surface area (Å²) < 4.78 is 33.7. The fourth-order valence-electron chi connectivity index (χ4n) is 3.45. The number of rotatable bonds is 15. The third kappa shape index (κ3) is 10.6. The summed E-state index contributed by atoms with van der Waals surface area (Å²) in [6.45, 7) is 9.91. The lowest BCUT2D eigenvalue weighted by molar-refractivity contribution is -0.311. The van der Waals surface area contributed by atoms with Crippen molar-refractivity contribution in [3.8, 4) is 0 Å². The average molecular weight is 459 g/mol. The molecule has 0 aromatic heterocycles. The van der Waals surface area contributed by atoms with Gasteiger partial charge in [0.25, 0.3) is 0 Å². The molecule has 0 aromatic carbocycles. The Morgan fingerprint density at radius 3 is 2.06 bits per heavy atom. The van der Waals surface area contributed by atoms with Gasteiger partial charge < -0.3 is 28.4 Å². The molecule has 1 aliphatic rings. The largest absolute Gasteiger partial charge is 0.463 e. The SMILES string of the molecule is C=CCO[C@@H]1[C@H](OC(C)=O)[C@H](OCCCCCCCC)O[C@H](COC(C)=O)[C@H]1OC(C)=O. The lowest BCUT2D eigenvalue weighted by atomic mass is 9.98. The number of hydrogen-bond acceptors (Lipinski definition) is 9. The molecule has 9 nitrogen and oxygen atoms in total. The van der Waals surface area contributed by atoms with Crippen molar-refractivity contribution in [3.63, 3.8) is 0 Å². The van der Waals surface area contributed by atoms with E-state index in [1.807, 2.05) is 0 Å². The normalized spacial score (nSPS) is 25.1. The minimum Gasteiger partial charge on any atom is -0.463 e. The topological polar surface area (TPSA) is 107 Å². The lowest BCUT2D eigenvalue weighted by Crippen LogP contribution is -2.62. The zero-order chi connectivity index (χ0) is 23.9. The van der Waals surface area contributed by atoms with Crippen LogP contribution in [0.2, 0.25) is 0 Å². The average Bonchev–Trinajstić information content (AvgIpc) is 2.72. The van der Waals surface area contributed by atoms with Crippen LogP contribution in [-0.2, 0) is 42.8 Å². The number of esters is 3. The zero-order valence-corrected chi connectivity index (χ0v) is 19.7. The van der Waals surface area contributed by atoms with Crippen LogP contribution in [-0.4, -0.2) is 68.4 Å². The van der Waals surface area contributed by atoms with Crippen LogP contribution in [0, 0.1) is 0 Å². The lowest BCUT2D eigenvalue weighted by Gasteiger charge is -2.44. The summed E-state index contributed by atoms with van der Waals surface area (Å²) in [7, 11) is 0. The maximum absolute atomic E-state index is 11.8. The molecule has 0 radical (unpaired) electrons. The van der Waals surface area contributed by atoms with E-state index in [4.69, 9.17) is 28.4 Å². The first-order valence-corrected chi connectivity index (χ1v) is 11.3. The molecular formula is C23H38O9. The molecule has 0 unspecified atom stereocenters. The highest BCUT2D eigenvalue weighted by Gasteiger charge is 2.51. The molecule has 0 bridgehead atoms. The van der Waals surface area contributed by atoms with Gasteiger partial charge in [0.1, 0.15) is 18.8 Å². The van der Waals surface area contributed by atoms with Gasteiger partial charge in [0.2, 0.25) is 0 Å². The second-order valence-corrected chi connectivity index (χ2v) is 7.72. The van der Waals surface area contributed by atoms with Crippen LogP contribution in [0.15, 0.2) is 12.7 Å². The van der Waals surface area contributed by atoms with Crippen LogP contribution in [0.3, 0.4) is 0 Å². The molecule has 1 heterocycles. The Bertz CT molecular complexity index is 592. The molecule has 1 rings (SSSR count). The van der Waals surface area contributed by atoms with E-state index >= 15 is 0 Å². The smallest absolute Gasteiger partial charge is 0.303 e. The van der Waals surface area contributed by atoms with Gasteiger partial charge in [0.15, 0.2) is 18.5 Å². The summed E-state index contributed by atoms with van der Waals surface area (Å²) in [5, 5.41) is 0. The maximum atomic E-state index is 11.8. The van der Waals surface area contributed by atoms with Crippen LogP contribution in [0.1, 0.15) is 66.2 Å². The second kappa shape index (κ2) is 15.8. The van der Waals surface area contributed by atoms with Gasteiger partial charge in [-0.3, -0.25) is 14.4 Å². The number of carbonyl (C=O) groups excluding carboxylic acids is 3. The van der Waals surface area contributed by atoms with Crippen molar-refractivity contribution in [2.24, 2.45) is 0 Å². The highest BCUT2D eigenvalue weighted by molar-refractivity contribution is 5.67. The van der Waals surface area contributed by atoms with Crippen LogP contribution in [0.4, 0.5) is 0 Å². The first-order chi connectivity index (χ1) is 15.3. The highest BCUT2D eigenvalue weighted by Crippen LogP contribution is 2.30. The third-order valence-electron chi connectivity index (χ3n) is 4.83. The van der Waals surface area contributed by atoms with E-state index in [0.29, 0.717) is 6.61 Å². The molecule has 9 heteroatoms. The van der Waals surface area contributed by atoms with Gasteiger partial charge >= 0.3 is 17.9 Å². The highest BCUT2D eigenvalue weighted by atomic mass is 16.7. The second-order valence-electron chi connectivity index (χ2n) is 7.72. The number of hydrogen-bond donors (Lipinski definition) is 0. The fourth-order valence-corrected chi connectivity index (χ4v) is 3.45. The van der Waals surface area contributed by atoms with Gasteiger partial charge in [-0.2, -0.15) is 0 Å². The number of unbranched alkanes of at least 4 members (excludes halogenated alkanes) is 5. The Balaban J connectivity index is 2.98. The van der Waals surface area contributed by atoms with E-state index in [1.165, 1.54) is 46.1 Å². The van der Waals surface area contributed by atoms with E-state index in [-0.39, 0.29) is 13.2 Å². The summed E-state index contributed by atoms with van der Waals surface area (Å²) >= 11 is 0. The van der Waals surface area contributed by atoms with Crippen molar-refractivity contribution in [1.29, 1.82) is 0 Å². The zero-order valence-electron chi connectivity index (χ0n) is 19.7. The van der Waals surface area contributed by atoms with Crippen molar-refractivity contribution in [2.45, 2.75) is 96.9 Å². The van der Waals surface area contributed by atoms with E-state index in [2.05, 4.69) is 13.5 Å². The molecule has 0 amide bonds. The van der Waals surface area contributed by atoms with E-state index in [1.54, 1.807) is 0 Å². The van der Waals surface area contributed by atoms with Gasteiger partial charge in [-0.25, -0.2) is 0 Å². The van der Waals surface area contributed by atoms with E-state index < -0.39 is 48.6 Å². The molecule has 0 spiro atoms. The summed E-state index contributed by atoms with van der Waals surface area (Å²) in [6.07, 6.45) is 3.33. The predicted molar refractivity (Wildman–Crippen MR) is 116 cm³/mol. The van der Waals surface area contributed by atoms with Crippen LogP contribution in [0.25, 0.3) is 0 Å². The van der Waals surface area contributed by atoms with Gasteiger partial charge in [-0.05, 0) is 6.42 Å². The minimum absolute atomic E-state index is 0.116. The minimum atomic E-state index is -0.981. The summed E-state index contributed by atoms with van der Waals surface area (Å²) in [5.41, 5.74) is 0. The summed E-state index contributed by atoms with van der Waals surface area (Å²) in [4.78, 5) is 34.9. The van der Waals surface area contributed by atoms with Crippen molar-refractivity contribution >= 4 is 17.9 Å². The van der Waals surface area contributed by atoms with Gasteiger partial charge in [0.05, 0.1) is 6.61 Å². The first kappa shape index (κ1) is 28.1. The Morgan fingerprint density at radius 2 is 1.47 bits per heavy atom. The quantitative estimate of drug-likeness (QED) is 0.158. The maximum Gasteiger partial charge on any atom is 0.303 e. The number of ether oxygens (including phenoxy) is 6. The van der Waals surface area contributed by atoms with Gasteiger partial charge in [-0.1, -0.05) is 45.1 Å². The molecule has 0 saturated carbocycles. The Morgan fingerprint density at radius 1 is 0.844 bits per heavy atom. The van der Waals surface area contributed by atoms with Crippen molar-refractivity contribution in [1.82, 2.24) is 0 Å². The molecular weight excluding hydrogens is 420 g/mol. The number of carbonyl (C=O) groups is 3. The molecule has 0 aliphatic carbocycles. The first-order valence-electron chi connectivity index (χ1n) is 11.3. The van der Waals surface area contributed by atoms with Crippen molar-refractivity contribution in [3.05, 3.63) is 12.7 Å². The van der Waals surface area contributed by atoms with Crippen LogP contribution >= 0.6 is 0 Å². The van der Waals surface area contributed by atoms with Crippen molar-refractivity contribution in [2.75, 3.05) is 19.8 Å². The van der Waals surface area contributed by atoms with E-state index in [0.717, 1.165) is 19.3 Å². The predicted octanol–water partition coefficient (Wildman–Crippen LogP) is 3.09. The molecule has 1 saturated heterocycles. The summed E-state index contributed by atoms with van der Waals surface area (Å²) in [5.74, 6) is -1.64. The Hall–Kier alpha value is -1.97. The molecule has 5 atom stereocenters. The van der Waals surface area contributed by atoms with Gasteiger partial charge in [0, 0.05) is 27.4 Å². The van der Waals surface area contributed by atoms with Gasteiger partial charge in [-0.15, -0.1) is 6.58 Å². The monoisotopic (exact) mass is 458 g/mol. The molecule has 32 heavy (non-hydrogen) atoms. The summed E-state index contributed by atoms with van der Waals surface area (Å²) in [6, 6.07) is 0. The fraction of sp³-hybridized carbons (Fsp3) is 0.783. The molecule has 0 aromatic rings. The van der Waals surface area contributed by atoms with Crippen molar-refractivity contribution < 1.29 is 42.8 Å². The van der Waals surface area contributed by atoms with Crippen LogP contribution in [0.5, 0.6) is 0 Å². The molecule has 1 aliphatic heterocycles.